The van der Waals surface area contributed by atoms with Gasteiger partial charge in [-0.15, -0.1) is 0 Å². The van der Waals surface area contributed by atoms with Gasteiger partial charge in [0.15, 0.2) is 0 Å². The van der Waals surface area contributed by atoms with Crippen LogP contribution in [0, 0.1) is 23.2 Å². The number of carbonyl (C=O) groups excluding carboxylic acids is 3. The Bertz CT molecular complexity index is 622. The van der Waals surface area contributed by atoms with Crippen molar-refractivity contribution in [1.29, 1.82) is 5.26 Å². The van der Waals surface area contributed by atoms with E-state index in [9.17, 15) is 19.6 Å². The molecule has 4 atom stereocenters. The highest BCUT2D eigenvalue weighted by molar-refractivity contribution is 5.80. The van der Waals surface area contributed by atoms with Crippen LogP contribution in [0.4, 0.5) is 4.79 Å². The van der Waals surface area contributed by atoms with Gasteiger partial charge in [-0.1, -0.05) is 0 Å². The minimum absolute atomic E-state index is 0.0397. The molecule has 0 aromatic heterocycles. The molecule has 150 valence electrons. The molecule has 2 aliphatic rings. The third-order valence-electron chi connectivity index (χ3n) is 4.76. The molecule has 8 nitrogen and oxygen atoms in total. The van der Waals surface area contributed by atoms with Gasteiger partial charge in [0.2, 0.25) is 5.91 Å². The Morgan fingerprint density at radius 2 is 2.04 bits per heavy atom. The standard InChI is InChI=1S/C19H29N3O5/c1-5-26-17(24)14-9-13(14)15(21-18(25)27-19(2,3)4)10-16(23)22-8-6-7-12(22)11-20/h12-15H,5-10H2,1-4H3,(H,21,25)/t12-,13?,14?,15?/m0/s1. The van der Waals surface area contributed by atoms with Crippen molar-refractivity contribution in [3.05, 3.63) is 0 Å². The molecule has 0 spiro atoms. The normalized spacial score (nSPS) is 25.3. The van der Waals surface area contributed by atoms with Gasteiger partial charge in [-0.2, -0.15) is 5.26 Å². The molecule has 1 saturated carbocycles. The average molecular weight is 379 g/mol. The van der Waals surface area contributed by atoms with Crippen LogP contribution in [0.5, 0.6) is 0 Å². The van der Waals surface area contributed by atoms with Crippen LogP contribution in [-0.2, 0) is 19.1 Å². The molecule has 0 radical (unpaired) electrons. The number of amides is 2. The molecular weight excluding hydrogens is 350 g/mol. The number of likely N-dealkylation sites (tertiary alicyclic amines) is 1. The largest absolute Gasteiger partial charge is 0.466 e. The van der Waals surface area contributed by atoms with Gasteiger partial charge in [0.05, 0.1) is 18.6 Å². The fourth-order valence-electron chi connectivity index (χ4n) is 3.45. The van der Waals surface area contributed by atoms with E-state index in [0.717, 1.165) is 6.42 Å². The van der Waals surface area contributed by atoms with E-state index in [2.05, 4.69) is 11.4 Å². The third-order valence-corrected chi connectivity index (χ3v) is 4.76. The number of nitrogens with one attached hydrogen (secondary N) is 1. The smallest absolute Gasteiger partial charge is 0.407 e. The van der Waals surface area contributed by atoms with E-state index in [1.807, 2.05) is 0 Å². The topological polar surface area (TPSA) is 109 Å². The van der Waals surface area contributed by atoms with Gasteiger partial charge < -0.3 is 19.7 Å². The highest BCUT2D eigenvalue weighted by Crippen LogP contribution is 2.43. The number of hydrogen-bond acceptors (Lipinski definition) is 6. The number of esters is 1. The van der Waals surface area contributed by atoms with Gasteiger partial charge in [0.1, 0.15) is 11.6 Å². The monoisotopic (exact) mass is 379 g/mol. The first kappa shape index (κ1) is 21.0. The summed E-state index contributed by atoms with van der Waals surface area (Å²) in [5.74, 6) is -0.969. The molecule has 1 aliphatic carbocycles. The number of nitriles is 1. The quantitative estimate of drug-likeness (QED) is 0.707. The highest BCUT2D eigenvalue weighted by atomic mass is 16.6. The Morgan fingerprint density at radius 3 is 2.63 bits per heavy atom. The van der Waals surface area contributed by atoms with Gasteiger partial charge in [0.25, 0.3) is 0 Å². The lowest BCUT2D eigenvalue weighted by atomic mass is 10.1. The summed E-state index contributed by atoms with van der Waals surface area (Å²) >= 11 is 0. The molecule has 2 fully saturated rings. The Hall–Kier alpha value is -2.30. The average Bonchev–Trinajstić information content (AvgIpc) is 3.21. The zero-order valence-corrected chi connectivity index (χ0v) is 16.5. The molecule has 3 unspecified atom stereocenters. The molecule has 0 aromatic rings. The SMILES string of the molecule is CCOC(=O)C1CC1C(CC(=O)N1CCC[C@H]1C#N)NC(=O)OC(C)(C)C. The third kappa shape index (κ3) is 5.84. The predicted octanol–water partition coefficient (Wildman–Crippen LogP) is 1.98. The van der Waals surface area contributed by atoms with Crippen molar-refractivity contribution >= 4 is 18.0 Å². The van der Waals surface area contributed by atoms with Crippen molar-refractivity contribution in [3.8, 4) is 6.07 Å². The molecule has 2 rings (SSSR count). The summed E-state index contributed by atoms with van der Waals surface area (Å²) in [6, 6.07) is 1.20. The Balaban J connectivity index is 2.04. The summed E-state index contributed by atoms with van der Waals surface area (Å²) in [5.41, 5.74) is -0.663. The van der Waals surface area contributed by atoms with Crippen LogP contribution in [0.15, 0.2) is 0 Å². The summed E-state index contributed by atoms with van der Waals surface area (Å²) in [7, 11) is 0. The van der Waals surface area contributed by atoms with Gasteiger partial charge in [-0.3, -0.25) is 9.59 Å². The molecule has 0 bridgehead atoms. The maximum atomic E-state index is 12.7. The molecule has 1 N–H and O–H groups in total. The lowest BCUT2D eigenvalue weighted by molar-refractivity contribution is -0.145. The number of nitrogens with zero attached hydrogens (tertiary/aromatic N) is 2. The van der Waals surface area contributed by atoms with Crippen molar-refractivity contribution in [1.82, 2.24) is 10.2 Å². The van der Waals surface area contributed by atoms with Crippen molar-refractivity contribution < 1.29 is 23.9 Å². The minimum atomic E-state index is -0.663. The molecule has 2 amide bonds. The van der Waals surface area contributed by atoms with Gasteiger partial charge in [-0.05, 0) is 52.9 Å². The lowest BCUT2D eigenvalue weighted by Crippen LogP contribution is -2.45. The van der Waals surface area contributed by atoms with Crippen LogP contribution in [0.2, 0.25) is 0 Å². The maximum Gasteiger partial charge on any atom is 0.407 e. The first-order valence-corrected chi connectivity index (χ1v) is 9.51. The number of hydrogen-bond donors (Lipinski definition) is 1. The van der Waals surface area contributed by atoms with E-state index in [1.165, 1.54) is 0 Å². The van der Waals surface area contributed by atoms with Gasteiger partial charge in [-0.25, -0.2) is 4.79 Å². The lowest BCUT2D eigenvalue weighted by Gasteiger charge is -2.26. The number of alkyl carbamates (subject to hydrolysis) is 1. The molecule has 27 heavy (non-hydrogen) atoms. The van der Waals surface area contributed by atoms with E-state index in [4.69, 9.17) is 9.47 Å². The van der Waals surface area contributed by atoms with E-state index < -0.39 is 23.8 Å². The van der Waals surface area contributed by atoms with Crippen LogP contribution < -0.4 is 5.32 Å². The summed E-state index contributed by atoms with van der Waals surface area (Å²) in [5, 5.41) is 11.9. The minimum Gasteiger partial charge on any atom is -0.466 e. The Morgan fingerprint density at radius 1 is 1.33 bits per heavy atom. The predicted molar refractivity (Wildman–Crippen MR) is 96.4 cm³/mol. The van der Waals surface area contributed by atoms with E-state index in [-0.39, 0.29) is 30.1 Å². The van der Waals surface area contributed by atoms with Crippen molar-refractivity contribution in [2.24, 2.45) is 11.8 Å². The zero-order chi connectivity index (χ0) is 20.2. The summed E-state index contributed by atoms with van der Waals surface area (Å²) < 4.78 is 10.3. The number of ether oxygens (including phenoxy) is 2. The first-order chi connectivity index (χ1) is 12.7. The second kappa shape index (κ2) is 8.59. The van der Waals surface area contributed by atoms with Crippen molar-refractivity contribution in [3.63, 3.8) is 0 Å². The maximum absolute atomic E-state index is 12.7. The molecule has 1 aliphatic heterocycles. The number of rotatable bonds is 6. The highest BCUT2D eigenvalue weighted by Gasteiger charge is 2.50. The van der Waals surface area contributed by atoms with Crippen LogP contribution in [0.3, 0.4) is 0 Å². The van der Waals surface area contributed by atoms with Crippen molar-refractivity contribution in [2.45, 2.75) is 71.1 Å². The van der Waals surface area contributed by atoms with E-state index in [1.54, 1.807) is 32.6 Å². The number of carbonyl (C=O) groups is 3. The van der Waals surface area contributed by atoms with Crippen LogP contribution in [0.25, 0.3) is 0 Å². The summed E-state index contributed by atoms with van der Waals surface area (Å²) in [6.07, 6.45) is 1.45. The van der Waals surface area contributed by atoms with Crippen LogP contribution in [-0.4, -0.2) is 53.7 Å². The van der Waals surface area contributed by atoms with E-state index in [0.29, 0.717) is 26.0 Å². The summed E-state index contributed by atoms with van der Waals surface area (Å²) in [6.45, 7) is 7.85. The zero-order valence-electron chi connectivity index (χ0n) is 16.5. The fraction of sp³-hybridized carbons (Fsp3) is 0.789. The van der Waals surface area contributed by atoms with Crippen LogP contribution >= 0.6 is 0 Å². The first-order valence-electron chi connectivity index (χ1n) is 9.51. The molecular formula is C19H29N3O5. The van der Waals surface area contributed by atoms with E-state index >= 15 is 0 Å². The molecule has 8 heteroatoms. The molecule has 1 heterocycles. The van der Waals surface area contributed by atoms with Gasteiger partial charge >= 0.3 is 12.1 Å². The Labute approximate surface area is 160 Å². The molecule has 1 saturated heterocycles. The van der Waals surface area contributed by atoms with Crippen molar-refractivity contribution in [2.75, 3.05) is 13.2 Å². The van der Waals surface area contributed by atoms with Gasteiger partial charge in [0, 0.05) is 19.0 Å². The Kier molecular flexibility index (Phi) is 6.68. The summed E-state index contributed by atoms with van der Waals surface area (Å²) in [4.78, 5) is 38.4. The van der Waals surface area contributed by atoms with Crippen LogP contribution in [0.1, 0.15) is 53.4 Å². The fourth-order valence-corrected chi connectivity index (χ4v) is 3.45. The second-order valence-electron chi connectivity index (χ2n) is 8.09. The molecule has 0 aromatic carbocycles. The second-order valence-corrected chi connectivity index (χ2v) is 8.09.